The highest BCUT2D eigenvalue weighted by molar-refractivity contribution is 5.28. The Labute approximate surface area is 183 Å². The molecule has 3 rings (SSSR count). The van der Waals surface area contributed by atoms with E-state index in [2.05, 4.69) is 4.74 Å². The van der Waals surface area contributed by atoms with Gasteiger partial charge in [-0.05, 0) is 56.2 Å². The van der Waals surface area contributed by atoms with E-state index in [4.69, 9.17) is 4.74 Å². The number of nitrogens with zero attached hydrogens (tertiary/aromatic N) is 1. The van der Waals surface area contributed by atoms with Crippen molar-refractivity contribution < 1.29 is 40.9 Å². The normalized spacial score (nSPS) is 24.1. The van der Waals surface area contributed by atoms with Gasteiger partial charge in [0, 0.05) is 19.1 Å². The molecule has 2 aliphatic rings. The van der Waals surface area contributed by atoms with Gasteiger partial charge in [0.25, 0.3) is 0 Å². The second-order valence-electron chi connectivity index (χ2n) is 8.67. The maximum atomic E-state index is 13.1. The number of rotatable bonds is 8. The molecule has 0 aromatic heterocycles. The van der Waals surface area contributed by atoms with Crippen LogP contribution < -0.4 is 4.74 Å². The van der Waals surface area contributed by atoms with E-state index in [-0.39, 0.29) is 24.8 Å². The topological polar surface area (TPSA) is 41.9 Å². The molecule has 2 saturated carbocycles. The Morgan fingerprint density at radius 3 is 2.31 bits per heavy atom. The van der Waals surface area contributed by atoms with Gasteiger partial charge in [-0.15, -0.1) is 13.2 Å². The van der Waals surface area contributed by atoms with Gasteiger partial charge in [-0.3, -0.25) is 4.90 Å². The van der Waals surface area contributed by atoms with E-state index in [1.165, 1.54) is 17.0 Å². The Bertz CT molecular complexity index is 720. The maximum Gasteiger partial charge on any atom is 0.573 e. The van der Waals surface area contributed by atoms with E-state index in [1.54, 1.807) is 0 Å². The predicted molar refractivity (Wildman–Crippen MR) is 105 cm³/mol. The van der Waals surface area contributed by atoms with Crippen molar-refractivity contribution >= 4 is 0 Å². The van der Waals surface area contributed by atoms with Crippen LogP contribution in [0.15, 0.2) is 24.3 Å². The van der Waals surface area contributed by atoms with Gasteiger partial charge in [-0.1, -0.05) is 25.0 Å². The van der Waals surface area contributed by atoms with Gasteiger partial charge in [0.2, 0.25) is 0 Å². The fourth-order valence-electron chi connectivity index (χ4n) is 4.62. The smallest absolute Gasteiger partial charge is 0.406 e. The molecule has 1 aromatic rings. The molecule has 0 amide bonds. The van der Waals surface area contributed by atoms with E-state index in [0.29, 0.717) is 18.4 Å². The van der Waals surface area contributed by atoms with E-state index in [1.807, 2.05) is 0 Å². The van der Waals surface area contributed by atoms with E-state index in [0.717, 1.165) is 50.7 Å². The largest absolute Gasteiger partial charge is 0.573 e. The third-order valence-corrected chi connectivity index (χ3v) is 6.10. The summed E-state index contributed by atoms with van der Waals surface area (Å²) in [7, 11) is 0. The summed E-state index contributed by atoms with van der Waals surface area (Å²) in [4.78, 5) is 1.51. The third kappa shape index (κ3) is 7.81. The Morgan fingerprint density at radius 1 is 0.969 bits per heavy atom. The first kappa shape index (κ1) is 25.1. The summed E-state index contributed by atoms with van der Waals surface area (Å²) < 4.78 is 86.9. The number of aliphatic hydroxyl groups excluding tert-OH is 1. The van der Waals surface area contributed by atoms with Crippen LogP contribution in [-0.2, 0) is 11.3 Å². The van der Waals surface area contributed by atoms with Crippen LogP contribution in [0.5, 0.6) is 5.75 Å². The van der Waals surface area contributed by atoms with Crippen molar-refractivity contribution in [3.8, 4) is 5.75 Å². The Balaban J connectivity index is 1.72. The molecule has 4 nitrogen and oxygen atoms in total. The number of hydrogen-bond donors (Lipinski definition) is 1. The standard InChI is InChI=1S/C22H29F6NO3/c23-21(24,25)20(30)14-29(13-15-5-3-10-19(11-15)32-22(26,27)28)16-6-4-9-18(12-16)31-17-7-1-2-8-17/h3,5,10-11,16-18,20,30H,1-2,4,6-9,12-14H2. The summed E-state index contributed by atoms with van der Waals surface area (Å²) in [5.41, 5.74) is 0.375. The highest BCUT2D eigenvalue weighted by atomic mass is 19.4. The van der Waals surface area contributed by atoms with Gasteiger partial charge < -0.3 is 14.6 Å². The Kier molecular flexibility index (Phi) is 8.32. The molecule has 10 heteroatoms. The maximum absolute atomic E-state index is 13.1. The van der Waals surface area contributed by atoms with Gasteiger partial charge >= 0.3 is 12.5 Å². The van der Waals surface area contributed by atoms with Crippen LogP contribution in [0.2, 0.25) is 0 Å². The molecule has 1 N–H and O–H groups in total. The van der Waals surface area contributed by atoms with Crippen molar-refractivity contribution in [3.05, 3.63) is 29.8 Å². The lowest BCUT2D eigenvalue weighted by Crippen LogP contribution is -2.47. The Morgan fingerprint density at radius 2 is 1.66 bits per heavy atom. The molecule has 3 unspecified atom stereocenters. The monoisotopic (exact) mass is 469 g/mol. The zero-order valence-corrected chi connectivity index (χ0v) is 17.7. The molecule has 2 aliphatic carbocycles. The highest BCUT2D eigenvalue weighted by Gasteiger charge is 2.41. The summed E-state index contributed by atoms with van der Waals surface area (Å²) in [6.07, 6.45) is -5.11. The zero-order chi connectivity index (χ0) is 23.4. The summed E-state index contributed by atoms with van der Waals surface area (Å²) in [5, 5.41) is 9.70. The van der Waals surface area contributed by atoms with Crippen molar-refractivity contribution in [2.45, 2.75) is 94.8 Å². The number of alkyl halides is 6. The number of benzene rings is 1. The van der Waals surface area contributed by atoms with E-state index < -0.39 is 30.9 Å². The molecule has 0 bridgehead atoms. The van der Waals surface area contributed by atoms with Crippen molar-refractivity contribution in [1.82, 2.24) is 4.90 Å². The molecule has 1 aromatic carbocycles. The van der Waals surface area contributed by atoms with Gasteiger partial charge in [-0.2, -0.15) is 13.2 Å². The van der Waals surface area contributed by atoms with Crippen molar-refractivity contribution in [3.63, 3.8) is 0 Å². The lowest BCUT2D eigenvalue weighted by Gasteiger charge is -2.39. The summed E-state index contributed by atoms with van der Waals surface area (Å²) >= 11 is 0. The predicted octanol–water partition coefficient (Wildman–Crippen LogP) is 5.58. The molecule has 2 fully saturated rings. The second-order valence-corrected chi connectivity index (χ2v) is 8.67. The molecule has 0 radical (unpaired) electrons. The quantitative estimate of drug-likeness (QED) is 0.505. The minimum absolute atomic E-state index is 0.0387. The molecule has 0 spiro atoms. The van der Waals surface area contributed by atoms with Crippen LogP contribution in [0.25, 0.3) is 0 Å². The zero-order valence-electron chi connectivity index (χ0n) is 17.7. The molecule has 3 atom stereocenters. The average Bonchev–Trinajstić information content (AvgIpc) is 3.19. The molecular weight excluding hydrogens is 440 g/mol. The van der Waals surface area contributed by atoms with E-state index >= 15 is 0 Å². The SMILES string of the molecule is OC(CN(Cc1cccc(OC(F)(F)F)c1)C1CCCC(OC2CCCC2)C1)C(F)(F)F. The molecule has 182 valence electrons. The van der Waals surface area contributed by atoms with Crippen LogP contribution in [0.3, 0.4) is 0 Å². The number of ether oxygens (including phenoxy) is 2. The lowest BCUT2D eigenvalue weighted by molar-refractivity contribution is -0.274. The molecule has 0 saturated heterocycles. The lowest BCUT2D eigenvalue weighted by atomic mass is 9.90. The minimum Gasteiger partial charge on any atom is -0.406 e. The van der Waals surface area contributed by atoms with Crippen molar-refractivity contribution in [1.29, 1.82) is 0 Å². The van der Waals surface area contributed by atoms with Crippen LogP contribution in [-0.4, -0.2) is 53.4 Å². The Hall–Kier alpha value is -1.52. The van der Waals surface area contributed by atoms with Crippen molar-refractivity contribution in [2.24, 2.45) is 0 Å². The second kappa shape index (κ2) is 10.6. The average molecular weight is 469 g/mol. The summed E-state index contributed by atoms with van der Waals surface area (Å²) in [6.45, 7) is -0.697. The molecular formula is C22H29F6NO3. The van der Waals surface area contributed by atoms with Crippen LogP contribution in [0, 0.1) is 0 Å². The van der Waals surface area contributed by atoms with E-state index in [9.17, 15) is 31.4 Å². The first-order valence-corrected chi connectivity index (χ1v) is 11.0. The van der Waals surface area contributed by atoms with Gasteiger partial charge in [0.1, 0.15) is 5.75 Å². The number of halogens is 6. The van der Waals surface area contributed by atoms with Gasteiger partial charge in [0.15, 0.2) is 6.10 Å². The first-order chi connectivity index (χ1) is 15.0. The van der Waals surface area contributed by atoms with Crippen LogP contribution >= 0.6 is 0 Å². The van der Waals surface area contributed by atoms with Crippen molar-refractivity contribution in [2.75, 3.05) is 6.54 Å². The first-order valence-electron chi connectivity index (χ1n) is 11.0. The van der Waals surface area contributed by atoms with Gasteiger partial charge in [0.05, 0.1) is 12.2 Å². The molecule has 0 aliphatic heterocycles. The van der Waals surface area contributed by atoms with Gasteiger partial charge in [-0.25, -0.2) is 0 Å². The number of aliphatic hydroxyl groups is 1. The summed E-state index contributed by atoms with van der Waals surface area (Å²) in [5.74, 6) is -0.433. The third-order valence-electron chi connectivity index (χ3n) is 6.10. The fourth-order valence-corrected chi connectivity index (χ4v) is 4.62. The van der Waals surface area contributed by atoms with Crippen LogP contribution in [0.4, 0.5) is 26.3 Å². The molecule has 32 heavy (non-hydrogen) atoms. The molecule has 0 heterocycles. The summed E-state index contributed by atoms with van der Waals surface area (Å²) in [6, 6.07) is 4.92. The number of hydrogen-bond acceptors (Lipinski definition) is 4. The van der Waals surface area contributed by atoms with Crippen LogP contribution in [0.1, 0.15) is 56.9 Å². The minimum atomic E-state index is -4.86. The fraction of sp³-hybridized carbons (Fsp3) is 0.727. The highest BCUT2D eigenvalue weighted by Crippen LogP contribution is 2.32.